The fourth-order valence-electron chi connectivity index (χ4n) is 2.85. The summed E-state index contributed by atoms with van der Waals surface area (Å²) in [7, 11) is 0. The Kier molecular flexibility index (Phi) is 6.67. The van der Waals surface area contributed by atoms with E-state index < -0.39 is 17.7 Å². The zero-order valence-corrected chi connectivity index (χ0v) is 17.9. The van der Waals surface area contributed by atoms with Gasteiger partial charge in [-0.3, -0.25) is 9.78 Å². The normalized spacial score (nSPS) is 13.4. The van der Waals surface area contributed by atoms with Crippen LogP contribution in [0, 0.1) is 11.3 Å². The number of nitrogens with zero attached hydrogens (tertiary/aromatic N) is 5. The maximum absolute atomic E-state index is 14.0. The number of aromatic nitrogens is 4. The van der Waals surface area contributed by atoms with E-state index in [9.17, 15) is 19.4 Å². The van der Waals surface area contributed by atoms with Crippen LogP contribution >= 0.6 is 0 Å². The molecule has 2 atom stereocenters. The Balaban J connectivity index is 1.95. The van der Waals surface area contributed by atoms with Gasteiger partial charge in [0.1, 0.15) is 12.2 Å². The first kappa shape index (κ1) is 23.1. The molecule has 0 saturated heterocycles. The summed E-state index contributed by atoms with van der Waals surface area (Å²) >= 11 is 0. The molecule has 0 bridgehead atoms. The minimum Gasteiger partial charge on any atom is -0.394 e. The van der Waals surface area contributed by atoms with E-state index in [-0.39, 0.29) is 24.8 Å². The Labute approximate surface area is 183 Å². The van der Waals surface area contributed by atoms with E-state index in [1.54, 1.807) is 19.2 Å². The number of anilines is 1. The van der Waals surface area contributed by atoms with Crippen LogP contribution in [-0.4, -0.2) is 66.7 Å². The second-order valence-corrected chi connectivity index (χ2v) is 7.96. The largest absolute Gasteiger partial charge is 0.394 e. The number of hydrogen-bond donors (Lipinski definition) is 4. The number of pyridine rings is 1. The van der Waals surface area contributed by atoms with E-state index in [2.05, 4.69) is 25.7 Å². The van der Waals surface area contributed by atoms with Crippen LogP contribution in [0.3, 0.4) is 0 Å². The summed E-state index contributed by atoms with van der Waals surface area (Å²) in [5.41, 5.74) is 0.787. The molecule has 1 amide bonds. The Bertz CT molecular complexity index is 1170. The molecule has 0 aromatic carbocycles. The van der Waals surface area contributed by atoms with E-state index in [1.807, 2.05) is 6.07 Å². The summed E-state index contributed by atoms with van der Waals surface area (Å²) in [5.74, 6) is -0.583. The predicted octanol–water partition coefficient (Wildman–Crippen LogP) is 1.29. The average molecular weight is 441 g/mol. The number of carbonyl (C=O) groups is 1. The molecular formula is C21H24FN7O3. The molecule has 168 valence electrons. The van der Waals surface area contributed by atoms with Gasteiger partial charge in [-0.25, -0.2) is 13.9 Å². The van der Waals surface area contributed by atoms with Crippen LogP contribution in [0.2, 0.25) is 0 Å². The van der Waals surface area contributed by atoms with Gasteiger partial charge in [-0.1, -0.05) is 0 Å². The van der Waals surface area contributed by atoms with Crippen molar-refractivity contribution in [2.75, 3.05) is 18.5 Å². The van der Waals surface area contributed by atoms with E-state index in [0.717, 1.165) is 0 Å². The Hall–Kier alpha value is -3.62. The smallest absolute Gasteiger partial charge is 0.255 e. The van der Waals surface area contributed by atoms with Gasteiger partial charge in [0.25, 0.3) is 5.91 Å². The number of alkyl halides is 1. The van der Waals surface area contributed by atoms with Crippen LogP contribution < -0.4 is 10.6 Å². The third-order valence-electron chi connectivity index (χ3n) is 4.79. The zero-order valence-electron chi connectivity index (χ0n) is 17.9. The summed E-state index contributed by atoms with van der Waals surface area (Å²) < 4.78 is 15.5. The number of amides is 1. The summed E-state index contributed by atoms with van der Waals surface area (Å²) in [6.45, 7) is 3.81. The first-order valence-electron chi connectivity index (χ1n) is 9.90. The van der Waals surface area contributed by atoms with Crippen molar-refractivity contribution < 1.29 is 19.4 Å². The van der Waals surface area contributed by atoms with Gasteiger partial charge in [0.05, 0.1) is 59.2 Å². The maximum Gasteiger partial charge on any atom is 0.255 e. The second-order valence-electron chi connectivity index (χ2n) is 7.96. The number of carbonyl (C=O) groups excluding carboxylic acids is 1. The highest BCUT2D eigenvalue weighted by Crippen LogP contribution is 2.27. The minimum atomic E-state index is -1.66. The second kappa shape index (κ2) is 9.25. The third-order valence-corrected chi connectivity index (χ3v) is 4.79. The fourth-order valence-corrected chi connectivity index (χ4v) is 2.85. The van der Waals surface area contributed by atoms with Gasteiger partial charge in [-0.05, 0) is 26.8 Å². The van der Waals surface area contributed by atoms with Gasteiger partial charge in [0, 0.05) is 18.4 Å². The summed E-state index contributed by atoms with van der Waals surface area (Å²) in [6, 6.07) is 3.23. The highest BCUT2D eigenvalue weighted by Gasteiger charge is 2.27. The van der Waals surface area contributed by atoms with Crippen LogP contribution in [0.15, 0.2) is 30.9 Å². The minimum absolute atomic E-state index is 0.146. The summed E-state index contributed by atoms with van der Waals surface area (Å²) in [6.07, 6.45) is 4.18. The average Bonchev–Trinajstić information content (AvgIpc) is 3.19. The molecule has 0 aliphatic rings. The summed E-state index contributed by atoms with van der Waals surface area (Å²) in [5, 5.41) is 37.9. The molecule has 10 nitrogen and oxygen atoms in total. The molecule has 2 unspecified atom stereocenters. The molecule has 0 aliphatic heterocycles. The molecule has 3 aromatic rings. The van der Waals surface area contributed by atoms with Crippen LogP contribution in [0.5, 0.6) is 0 Å². The van der Waals surface area contributed by atoms with Crippen LogP contribution in [-0.2, 0) is 0 Å². The van der Waals surface area contributed by atoms with Crippen molar-refractivity contribution in [3.8, 4) is 17.3 Å². The Morgan fingerprint density at radius 2 is 2.09 bits per heavy atom. The molecule has 32 heavy (non-hydrogen) atoms. The van der Waals surface area contributed by atoms with Crippen LogP contribution in [0.25, 0.3) is 16.9 Å². The molecule has 11 heteroatoms. The fraction of sp³-hybridized carbons (Fsp3) is 0.381. The number of halogens is 1. The number of fused-ring (bicyclic) bond motifs is 1. The molecule has 0 fully saturated rings. The highest BCUT2D eigenvalue weighted by atomic mass is 19.1. The van der Waals surface area contributed by atoms with Crippen molar-refractivity contribution in [2.24, 2.45) is 0 Å². The number of aliphatic hydroxyl groups excluding tert-OH is 1. The zero-order chi connectivity index (χ0) is 23.5. The van der Waals surface area contributed by atoms with E-state index in [0.29, 0.717) is 28.2 Å². The van der Waals surface area contributed by atoms with E-state index in [4.69, 9.17) is 5.26 Å². The lowest BCUT2D eigenvalue weighted by molar-refractivity contribution is -0.00177. The Morgan fingerprint density at radius 1 is 1.34 bits per heavy atom. The van der Waals surface area contributed by atoms with Gasteiger partial charge < -0.3 is 20.8 Å². The molecule has 3 heterocycles. The molecule has 0 aliphatic carbocycles. The van der Waals surface area contributed by atoms with Crippen molar-refractivity contribution in [3.63, 3.8) is 0 Å². The molecule has 4 N–H and O–H groups in total. The number of hydrogen-bond acceptors (Lipinski definition) is 8. The molecule has 0 radical (unpaired) electrons. The lowest BCUT2D eigenvalue weighted by Crippen LogP contribution is -2.42. The number of nitrogens with one attached hydrogen (secondary N) is 2. The van der Waals surface area contributed by atoms with Crippen molar-refractivity contribution >= 4 is 17.2 Å². The molecule has 0 spiro atoms. The molecule has 0 saturated carbocycles. The number of aliphatic hydroxyl groups is 2. The topological polar surface area (TPSA) is 148 Å². The van der Waals surface area contributed by atoms with Gasteiger partial charge in [-0.2, -0.15) is 10.4 Å². The Morgan fingerprint density at radius 3 is 2.75 bits per heavy atom. The maximum atomic E-state index is 14.0. The molecular weight excluding hydrogens is 417 g/mol. The highest BCUT2D eigenvalue weighted by molar-refractivity contribution is 6.00. The number of nitriles is 1. The van der Waals surface area contributed by atoms with Crippen molar-refractivity contribution in [1.82, 2.24) is 24.9 Å². The van der Waals surface area contributed by atoms with Crippen LogP contribution in [0.1, 0.15) is 36.7 Å². The van der Waals surface area contributed by atoms with Crippen LogP contribution in [0.4, 0.5) is 10.1 Å². The molecule has 3 rings (SSSR count). The van der Waals surface area contributed by atoms with E-state index in [1.165, 1.54) is 37.0 Å². The third kappa shape index (κ3) is 4.99. The predicted molar refractivity (Wildman–Crippen MR) is 115 cm³/mol. The standard InChI is InChI=1S/C21H24FN7O3/c1-12(11-30)28-17-4-16(14-8-27-29-10-13(5-23)6-25-19(14)29)24-7-15(17)20(31)26-9-18(22)21(2,3)32/h4,6-8,10,12,18,30,32H,9,11H2,1-3H3,(H,24,28)(H,26,31). The van der Waals surface area contributed by atoms with Gasteiger partial charge in [-0.15, -0.1) is 0 Å². The van der Waals surface area contributed by atoms with Crippen molar-refractivity contribution in [3.05, 3.63) is 42.0 Å². The monoisotopic (exact) mass is 441 g/mol. The molecule has 3 aromatic heterocycles. The van der Waals surface area contributed by atoms with Crippen molar-refractivity contribution in [2.45, 2.75) is 38.6 Å². The SMILES string of the molecule is CC(CO)Nc1cc(-c2cnn3cc(C#N)cnc23)ncc1C(=O)NCC(F)C(C)(C)O. The first-order chi connectivity index (χ1) is 15.1. The van der Waals surface area contributed by atoms with Gasteiger partial charge in [0.15, 0.2) is 5.65 Å². The lowest BCUT2D eigenvalue weighted by Gasteiger charge is -2.23. The quantitative estimate of drug-likeness (QED) is 0.409. The summed E-state index contributed by atoms with van der Waals surface area (Å²) in [4.78, 5) is 21.3. The van der Waals surface area contributed by atoms with Crippen molar-refractivity contribution in [1.29, 1.82) is 5.26 Å². The van der Waals surface area contributed by atoms with Gasteiger partial charge in [0.2, 0.25) is 0 Å². The van der Waals surface area contributed by atoms with E-state index >= 15 is 0 Å². The number of rotatable bonds is 8. The first-order valence-corrected chi connectivity index (χ1v) is 9.90. The van der Waals surface area contributed by atoms with Gasteiger partial charge >= 0.3 is 0 Å². The lowest BCUT2D eigenvalue weighted by atomic mass is 10.0.